The van der Waals surface area contributed by atoms with Crippen molar-refractivity contribution in [2.45, 2.75) is 88.0 Å². The molecule has 8 heteroatoms. The van der Waals surface area contributed by atoms with Crippen LogP contribution in [-0.4, -0.2) is 80.1 Å². The predicted octanol–water partition coefficient (Wildman–Crippen LogP) is -1.09. The predicted molar refractivity (Wildman–Crippen MR) is 108 cm³/mol. The van der Waals surface area contributed by atoms with E-state index in [1.165, 1.54) is 0 Å². The molecule has 3 aliphatic heterocycles. The number of aliphatic carboxylic acids is 1. The van der Waals surface area contributed by atoms with E-state index in [0.29, 0.717) is 23.8 Å². The van der Waals surface area contributed by atoms with Gasteiger partial charge in [-0.1, -0.05) is 0 Å². The molecule has 31 heavy (non-hydrogen) atoms. The Bertz CT molecular complexity index is 718. The molecule has 0 aromatic rings. The minimum absolute atomic E-state index is 0.0280. The van der Waals surface area contributed by atoms with Gasteiger partial charge in [0.05, 0.1) is 48.9 Å². The van der Waals surface area contributed by atoms with Gasteiger partial charge in [0.1, 0.15) is 6.04 Å². The quantitative estimate of drug-likeness (QED) is 0.587. The Morgan fingerprint density at radius 2 is 1.90 bits per heavy atom. The largest absolute Gasteiger partial charge is 0.547 e. The van der Waals surface area contributed by atoms with Crippen LogP contribution in [0.15, 0.2) is 0 Å². The topological polar surface area (TPSA) is 105 Å². The van der Waals surface area contributed by atoms with Crippen molar-refractivity contribution < 1.29 is 34.2 Å². The molecular formula is C23H36N2O6. The zero-order valence-corrected chi connectivity index (χ0v) is 18.8. The molecule has 2 N–H and O–H groups in total. The summed E-state index contributed by atoms with van der Waals surface area (Å²) in [6.45, 7) is 2.64. The summed E-state index contributed by atoms with van der Waals surface area (Å²) in [5.74, 6) is 0.169. The fourth-order valence-electron chi connectivity index (χ4n) is 7.97. The number of amides is 1. The Balaban J connectivity index is 1.42. The van der Waals surface area contributed by atoms with E-state index in [9.17, 15) is 14.7 Å². The van der Waals surface area contributed by atoms with E-state index in [2.05, 4.69) is 10.2 Å². The Kier molecular flexibility index (Phi) is 5.78. The van der Waals surface area contributed by atoms with Crippen molar-refractivity contribution in [3.05, 3.63) is 0 Å². The summed E-state index contributed by atoms with van der Waals surface area (Å²) in [6, 6.07) is 0.936. The van der Waals surface area contributed by atoms with Crippen LogP contribution in [-0.2, 0) is 23.8 Å². The number of carbonyl (C=O) groups excluding carboxylic acids is 2. The maximum atomic E-state index is 14.0. The van der Waals surface area contributed by atoms with E-state index >= 15 is 0 Å². The highest BCUT2D eigenvalue weighted by molar-refractivity contribution is 5.82. The molecule has 0 spiro atoms. The van der Waals surface area contributed by atoms with Gasteiger partial charge in [0.25, 0.3) is 0 Å². The summed E-state index contributed by atoms with van der Waals surface area (Å²) < 4.78 is 17.4. The molecule has 3 heterocycles. The maximum Gasteiger partial charge on any atom is 0.229 e. The molecule has 5 aliphatic rings. The van der Waals surface area contributed by atoms with Gasteiger partial charge in [-0.3, -0.25) is 4.79 Å². The molecule has 0 aromatic heterocycles. The molecular weight excluding hydrogens is 400 g/mol. The summed E-state index contributed by atoms with van der Waals surface area (Å²) in [7, 11) is 3.43. The van der Waals surface area contributed by atoms with Gasteiger partial charge in [-0.05, 0) is 50.9 Å². The van der Waals surface area contributed by atoms with Crippen molar-refractivity contribution in [2.24, 2.45) is 23.7 Å². The van der Waals surface area contributed by atoms with Crippen LogP contribution in [0.2, 0.25) is 0 Å². The highest BCUT2D eigenvalue weighted by atomic mass is 16.5. The molecule has 11 atom stereocenters. The van der Waals surface area contributed by atoms with Crippen LogP contribution in [0.5, 0.6) is 0 Å². The molecule has 0 radical (unpaired) electrons. The standard InChI is InChI=1S/C23H36N2O6/c1-11(23(27)28)31-12-4-6-16-15(10-12)13-8-9-24-19-14-5-7-17(29-2)21(30-3)18(14)22(26)25(16)20(13)19/h11-21,24H,4-10H2,1-3H3,(H,27,28)/t11-,12?,13?,14?,15?,16?,17?,18?,19?,20?,21?/m1/s1. The molecule has 3 saturated heterocycles. The van der Waals surface area contributed by atoms with Gasteiger partial charge in [0, 0.05) is 32.6 Å². The lowest BCUT2D eigenvalue weighted by molar-refractivity contribution is -0.713. The summed E-state index contributed by atoms with van der Waals surface area (Å²) in [4.78, 5) is 27.4. The average molecular weight is 437 g/mol. The van der Waals surface area contributed by atoms with Gasteiger partial charge in [-0.15, -0.1) is 0 Å². The van der Waals surface area contributed by atoms with Crippen molar-refractivity contribution in [1.29, 1.82) is 0 Å². The first-order chi connectivity index (χ1) is 15.0. The van der Waals surface area contributed by atoms with Crippen LogP contribution in [0.4, 0.5) is 0 Å². The Labute approximate surface area is 184 Å². The van der Waals surface area contributed by atoms with Gasteiger partial charge < -0.3 is 34.3 Å². The third kappa shape index (κ3) is 3.33. The third-order valence-electron chi connectivity index (χ3n) is 9.12. The molecule has 2 aliphatic carbocycles. The number of carbonyl (C=O) groups is 2. The van der Waals surface area contributed by atoms with Crippen LogP contribution < -0.4 is 10.4 Å². The summed E-state index contributed by atoms with van der Waals surface area (Å²) >= 11 is 0. The molecule has 2 saturated carbocycles. The van der Waals surface area contributed by atoms with Crippen LogP contribution in [0.25, 0.3) is 0 Å². The molecule has 0 aromatic carbocycles. The van der Waals surface area contributed by atoms with E-state index < -0.39 is 12.1 Å². The molecule has 1 amide bonds. The monoisotopic (exact) mass is 436 g/mol. The number of ether oxygens (including phenoxy) is 3. The van der Waals surface area contributed by atoms with E-state index in [4.69, 9.17) is 14.2 Å². The molecule has 5 fully saturated rings. The Hall–Kier alpha value is -1.22. The number of fused-ring (bicyclic) bond motifs is 5. The molecule has 10 unspecified atom stereocenters. The van der Waals surface area contributed by atoms with Gasteiger partial charge in [-0.25, -0.2) is 0 Å². The molecule has 174 valence electrons. The minimum Gasteiger partial charge on any atom is -0.547 e. The smallest absolute Gasteiger partial charge is 0.229 e. The lowest BCUT2D eigenvalue weighted by atomic mass is 9.64. The second-order valence-electron chi connectivity index (χ2n) is 10.3. The summed E-state index contributed by atoms with van der Waals surface area (Å²) in [6.07, 6.45) is 4.39. The first kappa shape index (κ1) is 21.6. The lowest BCUT2D eigenvalue weighted by Crippen LogP contribution is -2.99. The fraction of sp³-hybridized carbons (Fsp3) is 0.913. The number of rotatable bonds is 5. The molecule has 0 bridgehead atoms. The van der Waals surface area contributed by atoms with E-state index in [1.807, 2.05) is 0 Å². The van der Waals surface area contributed by atoms with Crippen LogP contribution >= 0.6 is 0 Å². The van der Waals surface area contributed by atoms with Crippen molar-refractivity contribution >= 4 is 11.9 Å². The van der Waals surface area contributed by atoms with Crippen molar-refractivity contribution in [2.75, 3.05) is 20.8 Å². The van der Waals surface area contributed by atoms with Crippen LogP contribution in [0.1, 0.15) is 45.4 Å². The van der Waals surface area contributed by atoms with E-state index in [1.54, 1.807) is 21.1 Å². The minimum atomic E-state index is -1.16. The normalized spacial score (nSPS) is 47.3. The lowest BCUT2D eigenvalue weighted by Gasteiger charge is -2.53. The zero-order chi connectivity index (χ0) is 21.9. The second-order valence-corrected chi connectivity index (χ2v) is 10.3. The second kappa shape index (κ2) is 8.28. The third-order valence-corrected chi connectivity index (χ3v) is 9.12. The number of hydrogen-bond acceptors (Lipinski definition) is 6. The van der Waals surface area contributed by atoms with E-state index in [0.717, 1.165) is 45.1 Å². The Morgan fingerprint density at radius 3 is 2.61 bits per heavy atom. The van der Waals surface area contributed by atoms with Crippen molar-refractivity contribution in [3.8, 4) is 0 Å². The number of nitrogens with two attached hydrogens (primary N) is 1. The zero-order valence-electron chi connectivity index (χ0n) is 18.8. The maximum absolute atomic E-state index is 14.0. The molecule has 8 nitrogen and oxygen atoms in total. The van der Waals surface area contributed by atoms with Crippen LogP contribution in [0, 0.1) is 23.7 Å². The van der Waals surface area contributed by atoms with Crippen molar-refractivity contribution in [3.63, 3.8) is 0 Å². The van der Waals surface area contributed by atoms with Gasteiger partial charge in [-0.2, -0.15) is 0 Å². The highest BCUT2D eigenvalue weighted by Gasteiger charge is 2.66. The van der Waals surface area contributed by atoms with E-state index in [-0.39, 0.29) is 42.2 Å². The molecule has 5 rings (SSSR count). The fourth-order valence-corrected chi connectivity index (χ4v) is 7.97. The van der Waals surface area contributed by atoms with Gasteiger partial charge in [0.15, 0.2) is 0 Å². The first-order valence-corrected chi connectivity index (χ1v) is 12.0. The SMILES string of the molecule is COC1CCC2C3[NH2+]CCC4C5CC(O[C@H](C)C(=O)[O-])CCC5N(C(=O)C2C1OC)C43. The Morgan fingerprint density at radius 1 is 1.10 bits per heavy atom. The van der Waals surface area contributed by atoms with Crippen LogP contribution in [0.3, 0.4) is 0 Å². The number of nitrogens with zero attached hydrogens (tertiary/aromatic N) is 1. The number of hydrogen-bond donors (Lipinski definition) is 1. The first-order valence-electron chi connectivity index (χ1n) is 12.0. The van der Waals surface area contributed by atoms with Gasteiger partial charge >= 0.3 is 0 Å². The summed E-state index contributed by atoms with van der Waals surface area (Å²) in [5, 5.41) is 13.6. The van der Waals surface area contributed by atoms with Crippen molar-refractivity contribution in [1.82, 2.24) is 4.90 Å². The number of methoxy groups -OCH3 is 2. The number of quaternary nitrogens is 1. The highest BCUT2D eigenvalue weighted by Crippen LogP contribution is 2.53. The summed E-state index contributed by atoms with van der Waals surface area (Å²) in [5.41, 5.74) is 0. The average Bonchev–Trinajstić information content (AvgIpc) is 3.11. The number of piperidine rings is 2. The number of carboxylic acid groups (broad SMARTS) is 1. The number of carboxylic acids is 1. The van der Waals surface area contributed by atoms with Gasteiger partial charge in [0.2, 0.25) is 5.91 Å².